The summed E-state index contributed by atoms with van der Waals surface area (Å²) in [6, 6.07) is 0. The van der Waals surface area contributed by atoms with Gasteiger partial charge in [0.1, 0.15) is 0 Å². The van der Waals surface area contributed by atoms with Crippen LogP contribution in [0.25, 0.3) is 0 Å². The van der Waals surface area contributed by atoms with Crippen molar-refractivity contribution in [1.82, 2.24) is 0 Å². The van der Waals surface area contributed by atoms with E-state index < -0.39 is 0 Å². The molecule has 0 aliphatic heterocycles. The average molecular weight is 212 g/mol. The van der Waals surface area contributed by atoms with Crippen molar-refractivity contribution in [3.05, 3.63) is 0 Å². The van der Waals surface area contributed by atoms with E-state index in [2.05, 4.69) is 27.7 Å². The van der Waals surface area contributed by atoms with Crippen molar-refractivity contribution in [2.45, 2.75) is 66.2 Å². The molecule has 1 unspecified atom stereocenters. The molecule has 0 aromatic carbocycles. The Kier molecular flexibility index (Phi) is 6.62. The van der Waals surface area contributed by atoms with E-state index in [1.807, 2.05) is 0 Å². The second-order valence-electron chi connectivity index (χ2n) is 4.76. The molecule has 0 bridgehead atoms. The van der Waals surface area contributed by atoms with Crippen LogP contribution in [0.15, 0.2) is 0 Å². The summed E-state index contributed by atoms with van der Waals surface area (Å²) in [6.07, 6.45) is 6.74. The minimum Gasteiger partial charge on any atom is -0.387 e. The largest absolute Gasteiger partial charge is 0.387 e. The number of nitrogens with one attached hydrogen (secondary N) is 1. The van der Waals surface area contributed by atoms with Gasteiger partial charge >= 0.3 is 0 Å². The standard InChI is InChI=1S/C13H28N2/c1-5-8-11(4)13(9-6-2,10-7-3)12(14)15/h11H,5-10H2,1-4H3,(H3,14,15). The lowest BCUT2D eigenvalue weighted by atomic mass is 9.67. The van der Waals surface area contributed by atoms with Crippen molar-refractivity contribution in [3.63, 3.8) is 0 Å². The molecule has 3 N–H and O–H groups in total. The maximum Gasteiger partial charge on any atom is 0.0971 e. The van der Waals surface area contributed by atoms with Crippen molar-refractivity contribution in [3.8, 4) is 0 Å². The number of amidine groups is 1. The Morgan fingerprint density at radius 1 is 1.13 bits per heavy atom. The van der Waals surface area contributed by atoms with Gasteiger partial charge in [-0.3, -0.25) is 5.41 Å². The maximum absolute atomic E-state index is 7.89. The Balaban J connectivity index is 4.83. The molecule has 0 spiro atoms. The summed E-state index contributed by atoms with van der Waals surface area (Å²) in [6.45, 7) is 8.84. The van der Waals surface area contributed by atoms with Crippen molar-refractivity contribution in [2.24, 2.45) is 17.1 Å². The van der Waals surface area contributed by atoms with E-state index in [9.17, 15) is 0 Å². The van der Waals surface area contributed by atoms with E-state index in [0.29, 0.717) is 11.8 Å². The SMILES string of the molecule is CCCC(C)C(CCC)(CCC)C(=N)N. The summed E-state index contributed by atoms with van der Waals surface area (Å²) in [5.74, 6) is 0.951. The zero-order chi connectivity index (χ0) is 11.9. The first-order chi connectivity index (χ1) is 7.05. The molecule has 0 saturated carbocycles. The van der Waals surface area contributed by atoms with Gasteiger partial charge in [0.15, 0.2) is 0 Å². The number of rotatable bonds is 8. The predicted octanol–water partition coefficient (Wildman–Crippen LogP) is 3.95. The van der Waals surface area contributed by atoms with E-state index in [4.69, 9.17) is 11.1 Å². The van der Waals surface area contributed by atoms with Gasteiger partial charge in [0.25, 0.3) is 0 Å². The molecule has 0 amide bonds. The fourth-order valence-corrected chi connectivity index (χ4v) is 2.75. The lowest BCUT2D eigenvalue weighted by Gasteiger charge is -2.38. The normalized spacial score (nSPS) is 13.9. The highest BCUT2D eigenvalue weighted by Gasteiger charge is 2.36. The highest BCUT2D eigenvalue weighted by Crippen LogP contribution is 2.40. The molecule has 90 valence electrons. The highest BCUT2D eigenvalue weighted by molar-refractivity contribution is 5.83. The molecule has 0 aliphatic rings. The second kappa shape index (κ2) is 6.86. The van der Waals surface area contributed by atoms with Crippen LogP contribution in [0.3, 0.4) is 0 Å². The molecule has 0 radical (unpaired) electrons. The third-order valence-electron chi connectivity index (χ3n) is 3.59. The summed E-state index contributed by atoms with van der Waals surface area (Å²) in [4.78, 5) is 0. The molecule has 0 saturated heterocycles. The van der Waals surface area contributed by atoms with Gasteiger partial charge in [-0.2, -0.15) is 0 Å². The van der Waals surface area contributed by atoms with Crippen LogP contribution < -0.4 is 5.73 Å². The quantitative estimate of drug-likeness (QED) is 0.464. The van der Waals surface area contributed by atoms with Gasteiger partial charge in [-0.05, 0) is 18.8 Å². The molecular weight excluding hydrogens is 184 g/mol. The highest BCUT2D eigenvalue weighted by atomic mass is 14.8. The number of nitrogens with two attached hydrogens (primary N) is 1. The molecule has 1 atom stereocenters. The van der Waals surface area contributed by atoms with E-state index in [0.717, 1.165) is 25.7 Å². The topological polar surface area (TPSA) is 49.9 Å². The third-order valence-corrected chi connectivity index (χ3v) is 3.59. The van der Waals surface area contributed by atoms with Gasteiger partial charge in [-0.25, -0.2) is 0 Å². The summed E-state index contributed by atoms with van der Waals surface area (Å²) >= 11 is 0. The zero-order valence-electron chi connectivity index (χ0n) is 10.9. The predicted molar refractivity (Wildman–Crippen MR) is 68.2 cm³/mol. The minimum atomic E-state index is -0.0283. The molecule has 0 aromatic heterocycles. The molecule has 2 heteroatoms. The molecule has 15 heavy (non-hydrogen) atoms. The second-order valence-corrected chi connectivity index (χ2v) is 4.76. The molecular formula is C13H28N2. The van der Waals surface area contributed by atoms with Crippen molar-refractivity contribution in [2.75, 3.05) is 0 Å². The summed E-state index contributed by atoms with van der Waals surface area (Å²) in [5.41, 5.74) is 5.83. The number of hydrogen-bond acceptors (Lipinski definition) is 1. The first kappa shape index (κ1) is 14.5. The fourth-order valence-electron chi connectivity index (χ4n) is 2.75. The van der Waals surface area contributed by atoms with Gasteiger partial charge < -0.3 is 5.73 Å². The van der Waals surface area contributed by atoms with Crippen molar-refractivity contribution < 1.29 is 0 Å². The fraction of sp³-hybridized carbons (Fsp3) is 0.923. The molecule has 0 aliphatic carbocycles. The molecule has 0 aromatic rings. The zero-order valence-corrected chi connectivity index (χ0v) is 10.9. The van der Waals surface area contributed by atoms with E-state index >= 15 is 0 Å². The first-order valence-electron chi connectivity index (χ1n) is 6.39. The van der Waals surface area contributed by atoms with Crippen LogP contribution >= 0.6 is 0 Å². The van der Waals surface area contributed by atoms with Crippen LogP contribution in [0.4, 0.5) is 0 Å². The lowest BCUT2D eigenvalue weighted by molar-refractivity contribution is 0.215. The van der Waals surface area contributed by atoms with Gasteiger partial charge in [0, 0.05) is 5.41 Å². The van der Waals surface area contributed by atoms with Crippen LogP contribution in [0.1, 0.15) is 66.2 Å². The average Bonchev–Trinajstić information content (AvgIpc) is 2.17. The minimum absolute atomic E-state index is 0.0283. The summed E-state index contributed by atoms with van der Waals surface area (Å²) < 4.78 is 0. The first-order valence-corrected chi connectivity index (χ1v) is 6.39. The van der Waals surface area contributed by atoms with Gasteiger partial charge in [-0.15, -0.1) is 0 Å². The van der Waals surface area contributed by atoms with Gasteiger partial charge in [0.05, 0.1) is 5.84 Å². The molecule has 0 fully saturated rings. The van der Waals surface area contributed by atoms with E-state index in [-0.39, 0.29) is 5.41 Å². The van der Waals surface area contributed by atoms with Crippen molar-refractivity contribution in [1.29, 1.82) is 5.41 Å². The maximum atomic E-state index is 7.89. The Morgan fingerprint density at radius 2 is 1.60 bits per heavy atom. The van der Waals surface area contributed by atoms with E-state index in [1.165, 1.54) is 12.8 Å². The monoisotopic (exact) mass is 212 g/mol. The lowest BCUT2D eigenvalue weighted by Crippen LogP contribution is -2.41. The van der Waals surface area contributed by atoms with Crippen LogP contribution in [0.2, 0.25) is 0 Å². The van der Waals surface area contributed by atoms with Gasteiger partial charge in [0.2, 0.25) is 0 Å². The Labute approximate surface area is 95.1 Å². The molecule has 2 nitrogen and oxygen atoms in total. The molecule has 0 rings (SSSR count). The molecule has 0 heterocycles. The third kappa shape index (κ3) is 3.51. The Bertz CT molecular complexity index is 181. The Hall–Kier alpha value is -0.530. The van der Waals surface area contributed by atoms with Crippen LogP contribution in [0, 0.1) is 16.7 Å². The smallest absolute Gasteiger partial charge is 0.0971 e. The van der Waals surface area contributed by atoms with Gasteiger partial charge in [-0.1, -0.05) is 53.4 Å². The summed E-state index contributed by atoms with van der Waals surface area (Å²) in [7, 11) is 0. The van der Waals surface area contributed by atoms with Crippen molar-refractivity contribution >= 4 is 5.84 Å². The Morgan fingerprint density at radius 3 is 1.87 bits per heavy atom. The number of hydrogen-bond donors (Lipinski definition) is 2. The summed E-state index contributed by atoms with van der Waals surface area (Å²) in [5, 5.41) is 7.89. The van der Waals surface area contributed by atoms with Crippen LogP contribution in [-0.4, -0.2) is 5.84 Å². The van der Waals surface area contributed by atoms with E-state index in [1.54, 1.807) is 0 Å². The van der Waals surface area contributed by atoms with Crippen LogP contribution in [0.5, 0.6) is 0 Å². The van der Waals surface area contributed by atoms with Crippen LogP contribution in [-0.2, 0) is 0 Å².